The molecule has 3 N–H and O–H groups in total. The van der Waals surface area contributed by atoms with Crippen LogP contribution in [-0.4, -0.2) is 10.2 Å². The van der Waals surface area contributed by atoms with Gasteiger partial charge in [0.2, 0.25) is 0 Å². The number of benzene rings is 1. The number of fused-ring (bicyclic) bond motifs is 1. The van der Waals surface area contributed by atoms with Gasteiger partial charge in [-0.05, 0) is 12.0 Å². The second-order valence-electron chi connectivity index (χ2n) is 2.83. The van der Waals surface area contributed by atoms with Crippen LogP contribution < -0.4 is 5.73 Å². The van der Waals surface area contributed by atoms with Crippen LogP contribution in [0.15, 0.2) is 18.3 Å². The molecule has 0 bridgehead atoms. The zero-order chi connectivity index (χ0) is 8.55. The Morgan fingerprint density at radius 2 is 2.33 bits per heavy atom. The zero-order valence-electron chi connectivity index (χ0n) is 6.96. The molecule has 1 aromatic heterocycles. The first kappa shape index (κ1) is 7.16. The fourth-order valence-corrected chi connectivity index (χ4v) is 1.39. The van der Waals surface area contributed by atoms with Crippen molar-refractivity contribution in [3.8, 4) is 0 Å². The Kier molecular flexibility index (Phi) is 1.50. The average molecular weight is 161 g/mol. The summed E-state index contributed by atoms with van der Waals surface area (Å²) in [5, 5.41) is 7.89. The topological polar surface area (TPSA) is 54.7 Å². The van der Waals surface area contributed by atoms with Crippen molar-refractivity contribution in [2.75, 3.05) is 5.73 Å². The Balaban J connectivity index is 2.78. The number of hydrogen-bond acceptors (Lipinski definition) is 2. The third-order valence-corrected chi connectivity index (χ3v) is 2.13. The summed E-state index contributed by atoms with van der Waals surface area (Å²) in [7, 11) is 0. The van der Waals surface area contributed by atoms with E-state index < -0.39 is 0 Å². The van der Waals surface area contributed by atoms with E-state index in [0.29, 0.717) is 0 Å². The first-order chi connectivity index (χ1) is 5.83. The van der Waals surface area contributed by atoms with E-state index in [1.165, 1.54) is 5.56 Å². The Morgan fingerprint density at radius 1 is 1.50 bits per heavy atom. The van der Waals surface area contributed by atoms with E-state index >= 15 is 0 Å². The van der Waals surface area contributed by atoms with Crippen molar-refractivity contribution < 1.29 is 0 Å². The van der Waals surface area contributed by atoms with Gasteiger partial charge < -0.3 is 5.73 Å². The number of rotatable bonds is 1. The summed E-state index contributed by atoms with van der Waals surface area (Å²) in [5.74, 6) is 0. The fourth-order valence-electron chi connectivity index (χ4n) is 1.39. The largest absolute Gasteiger partial charge is 0.397 e. The number of aromatic amines is 1. The van der Waals surface area contributed by atoms with Crippen LogP contribution in [0, 0.1) is 0 Å². The number of nitrogen functional groups attached to an aromatic ring is 1. The summed E-state index contributed by atoms with van der Waals surface area (Å²) < 4.78 is 0. The molecule has 3 nitrogen and oxygen atoms in total. The number of nitrogens with zero attached hydrogens (tertiary/aromatic N) is 1. The molecule has 2 aromatic rings. The van der Waals surface area contributed by atoms with Gasteiger partial charge >= 0.3 is 0 Å². The van der Waals surface area contributed by atoms with Crippen LogP contribution in [0.1, 0.15) is 12.5 Å². The van der Waals surface area contributed by atoms with E-state index in [-0.39, 0.29) is 0 Å². The van der Waals surface area contributed by atoms with Gasteiger partial charge in [-0.2, -0.15) is 5.10 Å². The lowest BCUT2D eigenvalue weighted by Crippen LogP contribution is -1.93. The van der Waals surface area contributed by atoms with Gasteiger partial charge in [-0.3, -0.25) is 5.10 Å². The highest BCUT2D eigenvalue weighted by Gasteiger charge is 2.03. The highest BCUT2D eigenvalue weighted by Crippen LogP contribution is 2.22. The second-order valence-corrected chi connectivity index (χ2v) is 2.83. The molecule has 0 spiro atoms. The average Bonchev–Trinajstić information content (AvgIpc) is 2.53. The summed E-state index contributed by atoms with van der Waals surface area (Å²) in [6.45, 7) is 2.09. The van der Waals surface area contributed by atoms with Crippen LogP contribution in [0.4, 0.5) is 5.69 Å². The van der Waals surface area contributed by atoms with Crippen LogP contribution in [0.2, 0.25) is 0 Å². The van der Waals surface area contributed by atoms with Crippen molar-refractivity contribution in [3.63, 3.8) is 0 Å². The van der Waals surface area contributed by atoms with Crippen LogP contribution in [0.5, 0.6) is 0 Å². The predicted octanol–water partition coefficient (Wildman–Crippen LogP) is 1.71. The fraction of sp³-hybridized carbons (Fsp3) is 0.222. The van der Waals surface area contributed by atoms with Crippen molar-refractivity contribution in [2.45, 2.75) is 13.3 Å². The number of hydrogen-bond donors (Lipinski definition) is 2. The first-order valence-electron chi connectivity index (χ1n) is 4.03. The summed E-state index contributed by atoms with van der Waals surface area (Å²) in [6, 6.07) is 4.08. The molecule has 0 unspecified atom stereocenters. The molecule has 2 rings (SSSR count). The predicted molar refractivity (Wildman–Crippen MR) is 49.9 cm³/mol. The normalized spacial score (nSPS) is 10.8. The maximum absolute atomic E-state index is 5.90. The molecule has 1 aromatic carbocycles. The minimum atomic E-state index is 0.826. The highest BCUT2D eigenvalue weighted by atomic mass is 15.1. The maximum Gasteiger partial charge on any atom is 0.0882 e. The first-order valence-corrected chi connectivity index (χ1v) is 4.03. The Morgan fingerprint density at radius 3 is 3.08 bits per heavy atom. The zero-order valence-corrected chi connectivity index (χ0v) is 6.96. The Labute approximate surface area is 70.6 Å². The third-order valence-electron chi connectivity index (χ3n) is 2.13. The van der Waals surface area contributed by atoms with Crippen LogP contribution in [-0.2, 0) is 6.42 Å². The van der Waals surface area contributed by atoms with E-state index in [9.17, 15) is 0 Å². The SMILES string of the molecule is CCc1ccc2cn[nH]c2c1N. The summed E-state index contributed by atoms with van der Waals surface area (Å²) in [6.07, 6.45) is 2.74. The molecule has 62 valence electrons. The number of nitrogens with two attached hydrogens (primary N) is 1. The van der Waals surface area contributed by atoms with Gasteiger partial charge in [0.05, 0.1) is 17.4 Å². The van der Waals surface area contributed by atoms with E-state index in [1.807, 2.05) is 12.1 Å². The Bertz CT molecular complexity index is 403. The quantitative estimate of drug-likeness (QED) is 0.625. The lowest BCUT2D eigenvalue weighted by Gasteiger charge is -2.02. The number of aromatic nitrogens is 2. The number of nitrogens with one attached hydrogen (secondary N) is 1. The van der Waals surface area contributed by atoms with Gasteiger partial charge in [-0.25, -0.2) is 0 Å². The monoisotopic (exact) mass is 161 g/mol. The number of anilines is 1. The number of H-pyrrole nitrogens is 1. The van der Waals surface area contributed by atoms with Crippen LogP contribution >= 0.6 is 0 Å². The maximum atomic E-state index is 5.90. The molecule has 0 amide bonds. The lowest BCUT2D eigenvalue weighted by atomic mass is 10.1. The van der Waals surface area contributed by atoms with E-state index in [4.69, 9.17) is 5.73 Å². The molecule has 0 aliphatic rings. The van der Waals surface area contributed by atoms with Gasteiger partial charge in [0.25, 0.3) is 0 Å². The molecule has 0 fully saturated rings. The molecule has 0 saturated carbocycles. The molecule has 1 heterocycles. The van der Waals surface area contributed by atoms with Crippen molar-refractivity contribution in [1.82, 2.24) is 10.2 Å². The number of aryl methyl sites for hydroxylation is 1. The molecule has 0 saturated heterocycles. The molecule has 0 aliphatic carbocycles. The van der Waals surface area contributed by atoms with Crippen molar-refractivity contribution in [3.05, 3.63) is 23.9 Å². The smallest absolute Gasteiger partial charge is 0.0882 e. The summed E-state index contributed by atoms with van der Waals surface area (Å²) in [4.78, 5) is 0. The van der Waals surface area contributed by atoms with Crippen LogP contribution in [0.25, 0.3) is 10.9 Å². The van der Waals surface area contributed by atoms with Crippen molar-refractivity contribution >= 4 is 16.6 Å². The van der Waals surface area contributed by atoms with E-state index in [2.05, 4.69) is 17.1 Å². The molecule has 0 aliphatic heterocycles. The van der Waals surface area contributed by atoms with Gasteiger partial charge in [-0.15, -0.1) is 0 Å². The standard InChI is InChI=1S/C9H11N3/c1-2-6-3-4-7-5-11-12-9(7)8(6)10/h3-5H,2,10H2,1H3,(H,11,12). The molecule has 0 radical (unpaired) electrons. The van der Waals surface area contributed by atoms with Gasteiger partial charge in [0.1, 0.15) is 0 Å². The van der Waals surface area contributed by atoms with Gasteiger partial charge in [-0.1, -0.05) is 19.1 Å². The minimum absolute atomic E-state index is 0.826. The van der Waals surface area contributed by atoms with Gasteiger partial charge in [0, 0.05) is 5.39 Å². The van der Waals surface area contributed by atoms with Gasteiger partial charge in [0.15, 0.2) is 0 Å². The Hall–Kier alpha value is -1.51. The summed E-state index contributed by atoms with van der Waals surface area (Å²) in [5.41, 5.74) is 8.86. The van der Waals surface area contributed by atoms with Crippen molar-refractivity contribution in [2.24, 2.45) is 0 Å². The second kappa shape index (κ2) is 2.52. The van der Waals surface area contributed by atoms with E-state index in [0.717, 1.165) is 23.0 Å². The molecular weight excluding hydrogens is 150 g/mol. The lowest BCUT2D eigenvalue weighted by molar-refractivity contribution is 1.11. The molecule has 3 heteroatoms. The highest BCUT2D eigenvalue weighted by molar-refractivity contribution is 5.90. The third kappa shape index (κ3) is 0.863. The van der Waals surface area contributed by atoms with Crippen molar-refractivity contribution in [1.29, 1.82) is 0 Å². The summed E-state index contributed by atoms with van der Waals surface area (Å²) >= 11 is 0. The van der Waals surface area contributed by atoms with E-state index in [1.54, 1.807) is 6.20 Å². The molecule has 0 atom stereocenters. The molecule has 12 heavy (non-hydrogen) atoms. The van der Waals surface area contributed by atoms with Crippen LogP contribution in [0.3, 0.4) is 0 Å². The minimum Gasteiger partial charge on any atom is -0.397 e. The molecular formula is C9H11N3.